The third-order valence-corrected chi connectivity index (χ3v) is 6.65. The number of oxime groups is 1. The van der Waals surface area contributed by atoms with Gasteiger partial charge in [0.15, 0.2) is 0 Å². The van der Waals surface area contributed by atoms with Crippen molar-refractivity contribution in [2.45, 2.75) is 38.3 Å². The normalized spacial score (nSPS) is 30.1. The molecule has 5 nitrogen and oxygen atoms in total. The molecular weight excluding hydrogens is 364 g/mol. The Bertz CT molecular complexity index is 897. The molecule has 29 heavy (non-hydrogen) atoms. The van der Waals surface area contributed by atoms with Gasteiger partial charge in [-0.2, -0.15) is 0 Å². The van der Waals surface area contributed by atoms with Crippen LogP contribution in [0.25, 0.3) is 0 Å². The Kier molecular flexibility index (Phi) is 5.50. The van der Waals surface area contributed by atoms with Crippen LogP contribution in [0, 0.1) is 11.3 Å². The van der Waals surface area contributed by atoms with E-state index in [1.165, 1.54) is 0 Å². The molecule has 1 saturated carbocycles. The van der Waals surface area contributed by atoms with Gasteiger partial charge in [0.1, 0.15) is 18.6 Å². The lowest BCUT2D eigenvalue weighted by Gasteiger charge is -2.53. The maximum atomic E-state index is 5.73. The topological polar surface area (TPSA) is 52.1 Å². The summed E-state index contributed by atoms with van der Waals surface area (Å²) < 4.78 is 11.4. The molecule has 1 heterocycles. The first kappa shape index (κ1) is 19.8. The summed E-state index contributed by atoms with van der Waals surface area (Å²) in [6.07, 6.45) is 3.29. The summed E-state index contributed by atoms with van der Waals surface area (Å²) in [5, 5.41) is 8.57. The molecular formula is C24H30N2O3. The van der Waals surface area contributed by atoms with Crippen LogP contribution in [0.1, 0.15) is 49.4 Å². The van der Waals surface area contributed by atoms with Gasteiger partial charge in [-0.05, 0) is 25.0 Å². The number of fused-ring (bicyclic) bond motifs is 2. The Balaban J connectivity index is 1.88. The van der Waals surface area contributed by atoms with E-state index in [1.54, 1.807) is 21.3 Å². The summed E-state index contributed by atoms with van der Waals surface area (Å²) >= 11 is 0. The van der Waals surface area contributed by atoms with Crippen molar-refractivity contribution in [2.24, 2.45) is 16.5 Å². The number of rotatable bonds is 5. The molecule has 0 aromatic heterocycles. The van der Waals surface area contributed by atoms with Crippen molar-refractivity contribution in [1.29, 1.82) is 0 Å². The summed E-state index contributed by atoms with van der Waals surface area (Å²) in [7, 11) is 5.11. The van der Waals surface area contributed by atoms with E-state index in [1.807, 2.05) is 24.3 Å². The zero-order chi connectivity index (χ0) is 20.4. The van der Waals surface area contributed by atoms with E-state index in [4.69, 9.17) is 14.3 Å². The van der Waals surface area contributed by atoms with Gasteiger partial charge in [0.25, 0.3) is 0 Å². The number of methoxy groups -OCH3 is 2. The number of ether oxygens (including phenoxy) is 2. The molecule has 2 fully saturated rings. The smallest absolute Gasteiger partial charge is 0.123 e. The number of para-hydroxylation sites is 2. The average Bonchev–Trinajstić information content (AvgIpc) is 2.75. The number of nitrogens with zero attached hydrogens (tertiary/aromatic N) is 1. The zero-order valence-electron chi connectivity index (χ0n) is 17.6. The SMILES string of the molecule is CO/N=C1\C2CCCC1(C)C(c1ccccc1OC)NC2c1ccccc1OC. The number of hydrogen-bond donors (Lipinski definition) is 1. The molecule has 0 spiro atoms. The van der Waals surface area contributed by atoms with Crippen LogP contribution in [-0.4, -0.2) is 27.0 Å². The first-order valence-corrected chi connectivity index (χ1v) is 10.3. The second-order valence-corrected chi connectivity index (χ2v) is 8.14. The minimum absolute atomic E-state index is 0.0546. The fourth-order valence-corrected chi connectivity index (χ4v) is 5.31. The second-order valence-electron chi connectivity index (χ2n) is 8.14. The highest BCUT2D eigenvalue weighted by Gasteiger charge is 2.54. The third-order valence-electron chi connectivity index (χ3n) is 6.65. The third kappa shape index (κ3) is 3.27. The molecule has 2 aromatic carbocycles. The lowest BCUT2D eigenvalue weighted by molar-refractivity contribution is 0.132. The van der Waals surface area contributed by atoms with E-state index < -0.39 is 0 Å². The van der Waals surface area contributed by atoms with Crippen LogP contribution < -0.4 is 14.8 Å². The van der Waals surface area contributed by atoms with E-state index in [0.717, 1.165) is 47.6 Å². The number of benzene rings is 2. The molecule has 4 rings (SSSR count). The van der Waals surface area contributed by atoms with Crippen LogP contribution in [-0.2, 0) is 4.84 Å². The quantitative estimate of drug-likeness (QED) is 0.733. The van der Waals surface area contributed by atoms with Crippen molar-refractivity contribution in [3.63, 3.8) is 0 Å². The van der Waals surface area contributed by atoms with Crippen LogP contribution in [0.2, 0.25) is 0 Å². The minimum Gasteiger partial charge on any atom is -0.496 e. The summed E-state index contributed by atoms with van der Waals surface area (Å²) in [6.45, 7) is 2.31. The molecule has 1 aliphatic heterocycles. The Hall–Kier alpha value is -2.53. The van der Waals surface area contributed by atoms with E-state index in [9.17, 15) is 0 Å². The van der Waals surface area contributed by atoms with E-state index in [0.29, 0.717) is 0 Å². The summed E-state index contributed by atoms with van der Waals surface area (Å²) in [6, 6.07) is 16.7. The van der Waals surface area contributed by atoms with Gasteiger partial charge in [-0.3, -0.25) is 0 Å². The minimum atomic E-state index is -0.147. The standard InChI is InChI=1S/C24H30N2O3/c1-24-15-9-12-18(23(24)26-29-4)21(16-10-5-7-13-19(16)27-2)25-22(24)17-11-6-8-14-20(17)28-3/h5-8,10-11,13-14,18,21-22,25H,9,12,15H2,1-4H3/b26-23+. The first-order valence-electron chi connectivity index (χ1n) is 10.3. The lowest BCUT2D eigenvalue weighted by Crippen LogP contribution is -2.56. The van der Waals surface area contributed by atoms with Crippen LogP contribution in [0.3, 0.4) is 0 Å². The molecule has 154 valence electrons. The highest BCUT2D eigenvalue weighted by molar-refractivity contribution is 5.95. The number of nitrogens with one attached hydrogen (secondary N) is 1. The molecule has 2 aliphatic rings. The van der Waals surface area contributed by atoms with Gasteiger partial charge in [0, 0.05) is 34.5 Å². The Morgan fingerprint density at radius 2 is 1.55 bits per heavy atom. The highest BCUT2D eigenvalue weighted by atomic mass is 16.6. The number of piperidine rings is 1. The molecule has 5 heteroatoms. The molecule has 2 bridgehead atoms. The Labute approximate surface area is 173 Å². The van der Waals surface area contributed by atoms with E-state index in [-0.39, 0.29) is 23.4 Å². The molecule has 0 amide bonds. The van der Waals surface area contributed by atoms with E-state index >= 15 is 0 Å². The van der Waals surface area contributed by atoms with Gasteiger partial charge in [0.2, 0.25) is 0 Å². The number of hydrogen-bond acceptors (Lipinski definition) is 5. The Morgan fingerprint density at radius 3 is 2.21 bits per heavy atom. The fourth-order valence-electron chi connectivity index (χ4n) is 5.31. The van der Waals surface area contributed by atoms with Crippen molar-refractivity contribution in [3.8, 4) is 11.5 Å². The summed E-state index contributed by atoms with van der Waals surface area (Å²) in [5.74, 6) is 2.05. The Morgan fingerprint density at radius 1 is 0.931 bits per heavy atom. The lowest BCUT2D eigenvalue weighted by atomic mass is 9.58. The molecule has 4 unspecified atom stereocenters. The van der Waals surface area contributed by atoms with Gasteiger partial charge >= 0.3 is 0 Å². The van der Waals surface area contributed by atoms with Crippen LogP contribution in [0.5, 0.6) is 11.5 Å². The van der Waals surface area contributed by atoms with Gasteiger partial charge in [0.05, 0.1) is 19.9 Å². The van der Waals surface area contributed by atoms with Crippen molar-refractivity contribution >= 4 is 5.71 Å². The predicted octanol–water partition coefficient (Wildman–Crippen LogP) is 4.90. The largest absolute Gasteiger partial charge is 0.496 e. The fraction of sp³-hybridized carbons (Fsp3) is 0.458. The van der Waals surface area contributed by atoms with Gasteiger partial charge < -0.3 is 19.6 Å². The van der Waals surface area contributed by atoms with Crippen molar-refractivity contribution in [2.75, 3.05) is 21.3 Å². The van der Waals surface area contributed by atoms with Gasteiger partial charge in [-0.25, -0.2) is 0 Å². The van der Waals surface area contributed by atoms with Crippen LogP contribution >= 0.6 is 0 Å². The summed E-state index contributed by atoms with van der Waals surface area (Å²) in [4.78, 5) is 5.36. The molecule has 2 aromatic rings. The van der Waals surface area contributed by atoms with Gasteiger partial charge in [-0.1, -0.05) is 54.9 Å². The first-order chi connectivity index (χ1) is 14.1. The van der Waals surface area contributed by atoms with Crippen LogP contribution in [0.15, 0.2) is 53.7 Å². The predicted molar refractivity (Wildman–Crippen MR) is 114 cm³/mol. The van der Waals surface area contributed by atoms with Crippen LogP contribution in [0.4, 0.5) is 0 Å². The maximum Gasteiger partial charge on any atom is 0.123 e. The molecule has 0 radical (unpaired) electrons. The van der Waals surface area contributed by atoms with Crippen molar-refractivity contribution in [3.05, 3.63) is 59.7 Å². The molecule has 4 atom stereocenters. The highest BCUT2D eigenvalue weighted by Crippen LogP contribution is 2.55. The van der Waals surface area contributed by atoms with Crippen molar-refractivity contribution in [1.82, 2.24) is 5.32 Å². The monoisotopic (exact) mass is 394 g/mol. The zero-order valence-corrected chi connectivity index (χ0v) is 17.6. The van der Waals surface area contributed by atoms with E-state index in [2.05, 4.69) is 41.7 Å². The second kappa shape index (κ2) is 8.07. The maximum absolute atomic E-state index is 5.73. The molecule has 1 N–H and O–H groups in total. The van der Waals surface area contributed by atoms with Crippen molar-refractivity contribution < 1.29 is 14.3 Å². The average molecular weight is 395 g/mol. The molecule has 1 aliphatic carbocycles. The van der Waals surface area contributed by atoms with Gasteiger partial charge in [-0.15, -0.1) is 0 Å². The molecule has 1 saturated heterocycles. The summed E-state index contributed by atoms with van der Waals surface area (Å²) in [5.41, 5.74) is 3.30.